The molecule has 1 aliphatic carbocycles. The van der Waals surface area contributed by atoms with Crippen LogP contribution in [0.1, 0.15) is 26.7 Å². The molecular weight excluding hydrogens is 112 g/mol. The lowest BCUT2D eigenvalue weighted by molar-refractivity contribution is 0.262. The Morgan fingerprint density at radius 3 is 1.56 bits per heavy atom. The van der Waals surface area contributed by atoms with Crippen LogP contribution in [0.15, 0.2) is 0 Å². The van der Waals surface area contributed by atoms with E-state index in [-0.39, 0.29) is 0 Å². The summed E-state index contributed by atoms with van der Waals surface area (Å²) in [4.78, 5) is 0. The molecule has 0 aromatic heterocycles. The standard InChI is InChI=1S/C8H16O/c1-3-6-7(4-2)8(6)5-9/h6-9H,3-5H2,1-2H3/t6-,7+,8?. The first-order chi connectivity index (χ1) is 4.35. The van der Waals surface area contributed by atoms with Gasteiger partial charge < -0.3 is 5.11 Å². The van der Waals surface area contributed by atoms with Gasteiger partial charge in [-0.3, -0.25) is 0 Å². The van der Waals surface area contributed by atoms with Crippen LogP contribution in [-0.2, 0) is 0 Å². The zero-order chi connectivity index (χ0) is 6.85. The first kappa shape index (κ1) is 7.07. The number of aliphatic hydroxyl groups excluding tert-OH is 1. The quantitative estimate of drug-likeness (QED) is 0.613. The molecule has 1 rings (SSSR count). The number of hydrogen-bond donors (Lipinski definition) is 1. The van der Waals surface area contributed by atoms with Crippen molar-refractivity contribution in [3.63, 3.8) is 0 Å². The molecule has 3 atom stereocenters. The molecule has 1 unspecified atom stereocenters. The van der Waals surface area contributed by atoms with Gasteiger partial charge in [0.2, 0.25) is 0 Å². The van der Waals surface area contributed by atoms with Crippen molar-refractivity contribution in [1.29, 1.82) is 0 Å². The predicted octanol–water partition coefficient (Wildman–Crippen LogP) is 1.66. The molecule has 1 saturated carbocycles. The molecule has 1 fully saturated rings. The van der Waals surface area contributed by atoms with Crippen molar-refractivity contribution in [1.82, 2.24) is 0 Å². The fourth-order valence-corrected chi connectivity index (χ4v) is 2.01. The van der Waals surface area contributed by atoms with Gasteiger partial charge in [0.05, 0.1) is 0 Å². The van der Waals surface area contributed by atoms with Gasteiger partial charge >= 0.3 is 0 Å². The number of hydrogen-bond acceptors (Lipinski definition) is 1. The topological polar surface area (TPSA) is 20.2 Å². The summed E-state index contributed by atoms with van der Waals surface area (Å²) in [5.74, 6) is 2.35. The van der Waals surface area contributed by atoms with E-state index in [9.17, 15) is 0 Å². The van der Waals surface area contributed by atoms with E-state index in [1.165, 1.54) is 12.8 Å². The third-order valence-electron chi connectivity index (χ3n) is 2.66. The Balaban J connectivity index is 2.26. The Bertz CT molecular complexity index is 65.5. The smallest absolute Gasteiger partial charge is 0.0464 e. The van der Waals surface area contributed by atoms with Gasteiger partial charge in [-0.2, -0.15) is 0 Å². The van der Waals surface area contributed by atoms with Crippen molar-refractivity contribution in [2.75, 3.05) is 6.61 Å². The third-order valence-corrected chi connectivity index (χ3v) is 2.66. The van der Waals surface area contributed by atoms with Crippen molar-refractivity contribution in [3.8, 4) is 0 Å². The van der Waals surface area contributed by atoms with Gasteiger partial charge in [-0.25, -0.2) is 0 Å². The van der Waals surface area contributed by atoms with Crippen molar-refractivity contribution < 1.29 is 5.11 Å². The SMILES string of the molecule is CC[C@@H]1C(CO)[C@@H]1CC. The van der Waals surface area contributed by atoms with Gasteiger partial charge in [-0.1, -0.05) is 26.7 Å². The zero-order valence-electron chi connectivity index (χ0n) is 6.30. The lowest BCUT2D eigenvalue weighted by Gasteiger charge is -1.84. The van der Waals surface area contributed by atoms with Crippen molar-refractivity contribution in [3.05, 3.63) is 0 Å². The van der Waals surface area contributed by atoms with E-state index >= 15 is 0 Å². The van der Waals surface area contributed by atoms with E-state index < -0.39 is 0 Å². The van der Waals surface area contributed by atoms with Gasteiger partial charge in [-0.15, -0.1) is 0 Å². The molecule has 0 amide bonds. The Kier molecular flexibility index (Phi) is 2.12. The molecule has 0 aromatic carbocycles. The summed E-state index contributed by atoms with van der Waals surface area (Å²) in [6, 6.07) is 0. The fraction of sp³-hybridized carbons (Fsp3) is 1.00. The van der Waals surface area contributed by atoms with Crippen LogP contribution in [-0.4, -0.2) is 11.7 Å². The molecule has 0 heterocycles. The van der Waals surface area contributed by atoms with E-state index in [4.69, 9.17) is 5.11 Å². The molecule has 1 heteroatoms. The van der Waals surface area contributed by atoms with Gasteiger partial charge in [0, 0.05) is 6.61 Å². The zero-order valence-corrected chi connectivity index (χ0v) is 6.30. The summed E-state index contributed by atoms with van der Waals surface area (Å²) < 4.78 is 0. The number of rotatable bonds is 3. The Morgan fingerprint density at radius 1 is 1.00 bits per heavy atom. The highest BCUT2D eigenvalue weighted by molar-refractivity contribution is 4.94. The highest BCUT2D eigenvalue weighted by Gasteiger charge is 2.46. The molecule has 0 aliphatic heterocycles. The minimum atomic E-state index is 0.414. The highest BCUT2D eigenvalue weighted by atomic mass is 16.3. The van der Waals surface area contributed by atoms with Gasteiger partial charge in [0.1, 0.15) is 0 Å². The molecule has 1 N–H and O–H groups in total. The van der Waals surface area contributed by atoms with Crippen molar-refractivity contribution >= 4 is 0 Å². The van der Waals surface area contributed by atoms with E-state index in [1.807, 2.05) is 0 Å². The molecule has 0 aromatic rings. The number of aliphatic hydroxyl groups is 1. The predicted molar refractivity (Wildman–Crippen MR) is 38.1 cm³/mol. The van der Waals surface area contributed by atoms with Crippen LogP contribution in [0.25, 0.3) is 0 Å². The van der Waals surface area contributed by atoms with Gasteiger partial charge in [0.15, 0.2) is 0 Å². The average Bonchev–Trinajstić information content (AvgIpc) is 2.59. The summed E-state index contributed by atoms with van der Waals surface area (Å²) in [6.45, 7) is 4.84. The molecule has 9 heavy (non-hydrogen) atoms. The van der Waals surface area contributed by atoms with E-state index in [0.717, 1.165) is 11.8 Å². The normalized spacial score (nSPS) is 41.0. The largest absolute Gasteiger partial charge is 0.396 e. The third kappa shape index (κ3) is 1.11. The van der Waals surface area contributed by atoms with Crippen LogP contribution in [0.2, 0.25) is 0 Å². The van der Waals surface area contributed by atoms with Crippen LogP contribution in [0, 0.1) is 17.8 Å². The van der Waals surface area contributed by atoms with Gasteiger partial charge in [0.25, 0.3) is 0 Å². The second-order valence-corrected chi connectivity index (χ2v) is 2.99. The first-order valence-electron chi connectivity index (χ1n) is 3.96. The summed E-state index contributed by atoms with van der Waals surface area (Å²) in [5, 5.41) is 8.81. The summed E-state index contributed by atoms with van der Waals surface area (Å²) in [6.07, 6.45) is 2.51. The second-order valence-electron chi connectivity index (χ2n) is 2.99. The maximum Gasteiger partial charge on any atom is 0.0464 e. The molecular formula is C8H16O. The lowest BCUT2D eigenvalue weighted by atomic mass is 10.2. The minimum Gasteiger partial charge on any atom is -0.396 e. The molecule has 54 valence electrons. The van der Waals surface area contributed by atoms with Crippen molar-refractivity contribution in [2.45, 2.75) is 26.7 Å². The Labute approximate surface area is 57.1 Å². The molecule has 0 bridgehead atoms. The van der Waals surface area contributed by atoms with Crippen LogP contribution in [0.4, 0.5) is 0 Å². The molecule has 0 radical (unpaired) electrons. The van der Waals surface area contributed by atoms with Crippen molar-refractivity contribution in [2.24, 2.45) is 17.8 Å². The average molecular weight is 128 g/mol. The second kappa shape index (κ2) is 2.70. The fourth-order valence-electron chi connectivity index (χ4n) is 2.01. The monoisotopic (exact) mass is 128 g/mol. The Morgan fingerprint density at radius 2 is 1.44 bits per heavy atom. The maximum absolute atomic E-state index is 8.81. The summed E-state index contributed by atoms with van der Waals surface area (Å²) in [5.41, 5.74) is 0. The van der Waals surface area contributed by atoms with E-state index in [0.29, 0.717) is 12.5 Å². The molecule has 1 nitrogen and oxygen atoms in total. The maximum atomic E-state index is 8.81. The van der Waals surface area contributed by atoms with Crippen LogP contribution < -0.4 is 0 Å². The van der Waals surface area contributed by atoms with Crippen LogP contribution in [0.3, 0.4) is 0 Å². The van der Waals surface area contributed by atoms with Gasteiger partial charge in [-0.05, 0) is 17.8 Å². The minimum absolute atomic E-state index is 0.414. The Hall–Kier alpha value is -0.0400. The highest BCUT2D eigenvalue weighted by Crippen LogP contribution is 2.49. The molecule has 1 aliphatic rings. The molecule has 0 saturated heterocycles. The molecule has 0 spiro atoms. The summed E-state index contributed by atoms with van der Waals surface area (Å²) in [7, 11) is 0. The van der Waals surface area contributed by atoms with E-state index in [2.05, 4.69) is 13.8 Å². The van der Waals surface area contributed by atoms with E-state index in [1.54, 1.807) is 0 Å². The van der Waals surface area contributed by atoms with Crippen LogP contribution in [0.5, 0.6) is 0 Å². The van der Waals surface area contributed by atoms with Crippen LogP contribution >= 0.6 is 0 Å². The first-order valence-corrected chi connectivity index (χ1v) is 3.96. The lowest BCUT2D eigenvalue weighted by Crippen LogP contribution is -1.87. The summed E-state index contributed by atoms with van der Waals surface area (Å²) >= 11 is 0.